The molecule has 3 aliphatic heterocycles. The van der Waals surface area contributed by atoms with E-state index in [9.17, 15) is 14.4 Å². The lowest BCUT2D eigenvalue weighted by Gasteiger charge is -2.33. The lowest BCUT2D eigenvalue weighted by atomic mass is 10.00. The second-order valence-corrected chi connectivity index (χ2v) is 10.1. The van der Waals surface area contributed by atoms with Crippen molar-refractivity contribution < 1.29 is 47.5 Å². The topological polar surface area (TPSA) is 140 Å². The van der Waals surface area contributed by atoms with Crippen molar-refractivity contribution in [3.05, 3.63) is 0 Å². The quantitative estimate of drug-likeness (QED) is 0.543. The Balaban J connectivity index is 1.81. The van der Waals surface area contributed by atoms with Gasteiger partial charge < -0.3 is 43.8 Å². The highest BCUT2D eigenvalue weighted by Crippen LogP contribution is 2.46. The van der Waals surface area contributed by atoms with Crippen LogP contribution in [0.4, 0.5) is 4.79 Å². The van der Waals surface area contributed by atoms with Gasteiger partial charge in [0.15, 0.2) is 11.6 Å². The third-order valence-electron chi connectivity index (χ3n) is 5.18. The minimum Gasteiger partial charge on any atom is -0.465 e. The summed E-state index contributed by atoms with van der Waals surface area (Å²) in [6.45, 7) is 11.7. The van der Waals surface area contributed by atoms with Gasteiger partial charge in [-0.3, -0.25) is 4.79 Å². The van der Waals surface area contributed by atoms with Crippen molar-refractivity contribution in [1.82, 2.24) is 10.6 Å². The van der Waals surface area contributed by atoms with Crippen molar-refractivity contribution in [1.29, 1.82) is 0 Å². The molecule has 33 heavy (non-hydrogen) atoms. The van der Waals surface area contributed by atoms with Crippen molar-refractivity contribution in [3.63, 3.8) is 0 Å². The average molecular weight is 475 g/mol. The number of methoxy groups -OCH3 is 1. The largest absolute Gasteiger partial charge is 0.465 e. The third kappa shape index (κ3) is 5.57. The maximum atomic E-state index is 13.0. The van der Waals surface area contributed by atoms with Gasteiger partial charge >= 0.3 is 12.1 Å². The summed E-state index contributed by atoms with van der Waals surface area (Å²) in [7, 11) is 1.17. The standard InChI is InChI=1S/C21H34N2O10/c1-18(2,3)33-17(26)22-9-12(24)23-21(16(25)27-8)15-14(30-20(6,7)32-15)13(31-21)11-10-28-19(4,5)29-11/h11,13-15H,9-10H2,1-8H3,(H,22,26)(H,23,24)/t11-,13-,14+,15+,21+/m1/s1. The van der Waals surface area contributed by atoms with Crippen molar-refractivity contribution in [2.45, 2.75) is 95.8 Å². The minimum atomic E-state index is -2.03. The van der Waals surface area contributed by atoms with Crippen molar-refractivity contribution in [2.75, 3.05) is 20.3 Å². The van der Waals surface area contributed by atoms with Gasteiger partial charge in [-0.25, -0.2) is 9.59 Å². The van der Waals surface area contributed by atoms with E-state index < -0.39 is 71.8 Å². The first-order valence-corrected chi connectivity index (χ1v) is 10.8. The number of carbonyl (C=O) groups excluding carboxylic acids is 3. The first kappa shape index (κ1) is 25.6. The number of alkyl carbamates (subject to hydrolysis) is 1. The Morgan fingerprint density at radius 3 is 2.18 bits per heavy atom. The lowest BCUT2D eigenvalue weighted by Crippen LogP contribution is -2.64. The number of hydrogen-bond acceptors (Lipinski definition) is 10. The average Bonchev–Trinajstić information content (AvgIpc) is 3.28. The molecule has 0 aromatic heterocycles. The molecule has 3 aliphatic rings. The summed E-state index contributed by atoms with van der Waals surface area (Å²) in [5.74, 6) is -3.52. The molecule has 0 unspecified atom stereocenters. The van der Waals surface area contributed by atoms with Crippen molar-refractivity contribution >= 4 is 18.0 Å². The SMILES string of the molecule is COC(=O)[C@@]1(NC(=O)CNC(=O)OC(C)(C)C)O[C@H]([C@H]2COC(C)(C)O2)[C@@H]2OC(C)(C)O[C@@H]21. The molecular weight excluding hydrogens is 440 g/mol. The fraction of sp³-hybridized carbons (Fsp3) is 0.857. The third-order valence-corrected chi connectivity index (χ3v) is 5.18. The zero-order chi connectivity index (χ0) is 24.8. The fourth-order valence-electron chi connectivity index (χ4n) is 4.04. The first-order valence-electron chi connectivity index (χ1n) is 10.8. The van der Waals surface area contributed by atoms with Crippen LogP contribution in [0, 0.1) is 0 Å². The zero-order valence-electron chi connectivity index (χ0n) is 20.3. The summed E-state index contributed by atoms with van der Waals surface area (Å²) in [6.07, 6.45) is -3.98. The van der Waals surface area contributed by atoms with Crippen LogP contribution in [-0.2, 0) is 42.7 Å². The van der Waals surface area contributed by atoms with Gasteiger partial charge in [-0.2, -0.15) is 0 Å². The van der Waals surface area contributed by atoms with Gasteiger partial charge in [-0.15, -0.1) is 0 Å². The Labute approximate surface area is 192 Å². The van der Waals surface area contributed by atoms with Gasteiger partial charge in [0.25, 0.3) is 5.72 Å². The van der Waals surface area contributed by atoms with E-state index in [-0.39, 0.29) is 6.61 Å². The molecule has 2 amide bonds. The van der Waals surface area contributed by atoms with Crippen molar-refractivity contribution in [3.8, 4) is 0 Å². The second-order valence-electron chi connectivity index (χ2n) is 10.1. The molecule has 3 saturated heterocycles. The number of nitrogens with one attached hydrogen (secondary N) is 2. The molecule has 0 radical (unpaired) electrons. The predicted molar refractivity (Wildman–Crippen MR) is 111 cm³/mol. The van der Waals surface area contributed by atoms with Crippen LogP contribution in [0.3, 0.4) is 0 Å². The molecule has 3 fully saturated rings. The van der Waals surface area contributed by atoms with Crippen LogP contribution < -0.4 is 10.6 Å². The van der Waals surface area contributed by atoms with E-state index in [0.29, 0.717) is 0 Å². The summed E-state index contributed by atoms with van der Waals surface area (Å²) in [5.41, 5.74) is -2.76. The second kappa shape index (κ2) is 8.66. The summed E-state index contributed by atoms with van der Waals surface area (Å²) < 4.78 is 39.7. The van der Waals surface area contributed by atoms with Crippen LogP contribution in [0.2, 0.25) is 0 Å². The molecule has 0 bridgehead atoms. The van der Waals surface area contributed by atoms with E-state index in [0.717, 1.165) is 0 Å². The first-order chi connectivity index (χ1) is 15.1. The van der Waals surface area contributed by atoms with Gasteiger partial charge in [0.1, 0.15) is 36.6 Å². The van der Waals surface area contributed by atoms with Crippen LogP contribution in [0.15, 0.2) is 0 Å². The normalized spacial score (nSPS) is 34.4. The van der Waals surface area contributed by atoms with E-state index in [1.165, 1.54) is 7.11 Å². The van der Waals surface area contributed by atoms with Crippen LogP contribution in [0.25, 0.3) is 0 Å². The molecule has 0 spiro atoms. The number of esters is 1. The van der Waals surface area contributed by atoms with Crippen molar-refractivity contribution in [2.24, 2.45) is 0 Å². The molecule has 0 aromatic rings. The molecule has 0 saturated carbocycles. The Hall–Kier alpha value is -1.99. The molecule has 0 aromatic carbocycles. The fourth-order valence-corrected chi connectivity index (χ4v) is 4.04. The van der Waals surface area contributed by atoms with Gasteiger partial charge in [0.05, 0.1) is 13.7 Å². The Bertz CT molecular complexity index is 792. The number of rotatable bonds is 5. The number of carbonyl (C=O) groups is 3. The van der Waals surface area contributed by atoms with Gasteiger partial charge in [-0.05, 0) is 48.5 Å². The van der Waals surface area contributed by atoms with Crippen LogP contribution >= 0.6 is 0 Å². The maximum absolute atomic E-state index is 13.0. The molecule has 12 heteroatoms. The maximum Gasteiger partial charge on any atom is 0.408 e. The number of ether oxygens (including phenoxy) is 7. The molecular formula is C21H34N2O10. The van der Waals surface area contributed by atoms with Crippen LogP contribution in [0.5, 0.6) is 0 Å². The Morgan fingerprint density at radius 1 is 0.970 bits per heavy atom. The van der Waals surface area contributed by atoms with Gasteiger partial charge in [-0.1, -0.05) is 0 Å². The van der Waals surface area contributed by atoms with Crippen LogP contribution in [0.1, 0.15) is 48.5 Å². The highest BCUT2D eigenvalue weighted by Gasteiger charge is 2.70. The monoisotopic (exact) mass is 474 g/mol. The molecule has 3 rings (SSSR count). The number of fused-ring (bicyclic) bond motifs is 1. The van der Waals surface area contributed by atoms with E-state index >= 15 is 0 Å². The summed E-state index contributed by atoms with van der Waals surface area (Å²) in [6, 6.07) is 0. The molecule has 188 valence electrons. The number of hydrogen-bond donors (Lipinski definition) is 2. The zero-order valence-corrected chi connectivity index (χ0v) is 20.3. The summed E-state index contributed by atoms with van der Waals surface area (Å²) >= 11 is 0. The number of amides is 2. The molecule has 12 nitrogen and oxygen atoms in total. The highest BCUT2D eigenvalue weighted by molar-refractivity contribution is 5.90. The summed E-state index contributed by atoms with van der Waals surface area (Å²) in [4.78, 5) is 37.6. The Kier molecular flexibility index (Phi) is 6.72. The molecule has 5 atom stereocenters. The highest BCUT2D eigenvalue weighted by atomic mass is 16.8. The van der Waals surface area contributed by atoms with E-state index in [4.69, 9.17) is 33.2 Å². The molecule has 2 N–H and O–H groups in total. The lowest BCUT2D eigenvalue weighted by molar-refractivity contribution is -0.237. The van der Waals surface area contributed by atoms with Gasteiger partial charge in [0, 0.05) is 0 Å². The van der Waals surface area contributed by atoms with Gasteiger partial charge in [0.2, 0.25) is 5.91 Å². The van der Waals surface area contributed by atoms with E-state index in [1.54, 1.807) is 48.5 Å². The molecule has 0 aliphatic carbocycles. The van der Waals surface area contributed by atoms with E-state index in [1.807, 2.05) is 0 Å². The smallest absolute Gasteiger partial charge is 0.408 e. The minimum absolute atomic E-state index is 0.191. The Morgan fingerprint density at radius 2 is 1.64 bits per heavy atom. The summed E-state index contributed by atoms with van der Waals surface area (Å²) in [5, 5.41) is 4.88. The molecule has 3 heterocycles. The predicted octanol–water partition coefficient (Wildman–Crippen LogP) is 0.567. The van der Waals surface area contributed by atoms with Crippen LogP contribution in [-0.4, -0.2) is 85.5 Å². The van der Waals surface area contributed by atoms with E-state index in [2.05, 4.69) is 10.6 Å².